The van der Waals surface area contributed by atoms with Crippen LogP contribution in [-0.4, -0.2) is 52.3 Å². The lowest BCUT2D eigenvalue weighted by molar-refractivity contribution is -0.168. The van der Waals surface area contributed by atoms with Gasteiger partial charge in [-0.25, -0.2) is 5.06 Å². The SMILES string of the molecule is CCCCC[C@@H](C(=O)NCNC(=O)c1ccc(-c2ccc(C(C)(C)C(=O)O)cc2)o1)[C@@H](CC)N(O)C=O. The quantitative estimate of drug-likeness (QED) is 0.0923. The molecule has 1 aromatic carbocycles. The Hall–Kier alpha value is -3.66. The molecular weight excluding hydrogens is 478 g/mol. The van der Waals surface area contributed by atoms with E-state index in [2.05, 4.69) is 10.6 Å². The van der Waals surface area contributed by atoms with Crippen molar-refractivity contribution in [2.45, 2.75) is 71.3 Å². The van der Waals surface area contributed by atoms with Gasteiger partial charge in [0.25, 0.3) is 5.91 Å². The molecule has 0 radical (unpaired) electrons. The third-order valence-corrected chi connectivity index (χ3v) is 6.55. The van der Waals surface area contributed by atoms with Crippen molar-refractivity contribution in [3.63, 3.8) is 0 Å². The summed E-state index contributed by atoms with van der Waals surface area (Å²) in [4.78, 5) is 47.9. The van der Waals surface area contributed by atoms with Crippen molar-refractivity contribution in [1.29, 1.82) is 0 Å². The largest absolute Gasteiger partial charge is 0.481 e. The second-order valence-electron chi connectivity index (χ2n) is 9.46. The van der Waals surface area contributed by atoms with Gasteiger partial charge < -0.3 is 20.2 Å². The topological polar surface area (TPSA) is 149 Å². The van der Waals surface area contributed by atoms with Crippen molar-refractivity contribution >= 4 is 24.2 Å². The molecule has 0 unspecified atom stereocenters. The standard InChI is InChI=1S/C27H37N3O7/c1-5-7-8-9-20(21(6-2)30(36)17-31)24(32)28-16-29-25(33)23-15-14-22(37-23)18-10-12-19(13-11-18)27(3,4)26(34)35/h10-15,17,20-21,36H,5-9,16H2,1-4H3,(H,28,32)(H,29,33)(H,34,35)/t20-,21-/m1/s1. The molecule has 0 saturated heterocycles. The minimum atomic E-state index is -1.04. The van der Waals surface area contributed by atoms with Crippen LogP contribution in [0.5, 0.6) is 0 Å². The minimum absolute atomic E-state index is 0.0487. The first-order valence-electron chi connectivity index (χ1n) is 12.5. The van der Waals surface area contributed by atoms with Crippen LogP contribution in [0.3, 0.4) is 0 Å². The van der Waals surface area contributed by atoms with Crippen LogP contribution < -0.4 is 10.6 Å². The number of hydrogen-bond acceptors (Lipinski definition) is 6. The molecule has 0 spiro atoms. The number of amides is 3. The molecule has 0 fully saturated rings. The van der Waals surface area contributed by atoms with Crippen LogP contribution in [0.4, 0.5) is 0 Å². The first kappa shape index (κ1) is 29.6. The van der Waals surface area contributed by atoms with E-state index in [1.807, 2.05) is 6.92 Å². The number of hydrogen-bond donors (Lipinski definition) is 4. The number of carbonyl (C=O) groups is 4. The number of carbonyl (C=O) groups excluding carboxylic acids is 3. The van der Waals surface area contributed by atoms with Crippen molar-refractivity contribution < 1.29 is 33.9 Å². The number of nitrogens with zero attached hydrogens (tertiary/aromatic N) is 1. The number of furan rings is 1. The summed E-state index contributed by atoms with van der Waals surface area (Å²) in [6.45, 7) is 6.92. The Labute approximate surface area is 217 Å². The van der Waals surface area contributed by atoms with Crippen molar-refractivity contribution in [2.75, 3.05) is 6.67 Å². The van der Waals surface area contributed by atoms with Crippen molar-refractivity contribution in [3.8, 4) is 11.3 Å². The maximum atomic E-state index is 12.8. The highest BCUT2D eigenvalue weighted by molar-refractivity contribution is 5.92. The van der Waals surface area contributed by atoms with E-state index in [9.17, 15) is 29.5 Å². The number of benzene rings is 1. The van der Waals surface area contributed by atoms with Gasteiger partial charge in [-0.2, -0.15) is 0 Å². The molecule has 0 aliphatic rings. The van der Waals surface area contributed by atoms with E-state index in [-0.39, 0.29) is 18.3 Å². The molecule has 2 aromatic rings. The Kier molecular flexibility index (Phi) is 10.9. The molecule has 4 N–H and O–H groups in total. The Morgan fingerprint density at radius 2 is 1.73 bits per heavy atom. The van der Waals surface area contributed by atoms with Gasteiger partial charge >= 0.3 is 5.97 Å². The first-order valence-corrected chi connectivity index (χ1v) is 12.5. The van der Waals surface area contributed by atoms with Crippen LogP contribution in [0, 0.1) is 5.92 Å². The lowest BCUT2D eigenvalue weighted by atomic mass is 9.84. The fourth-order valence-corrected chi connectivity index (χ4v) is 4.07. The zero-order valence-electron chi connectivity index (χ0n) is 21.8. The zero-order valence-corrected chi connectivity index (χ0v) is 21.8. The van der Waals surface area contributed by atoms with E-state index in [1.54, 1.807) is 51.1 Å². The number of rotatable bonds is 15. The van der Waals surface area contributed by atoms with E-state index in [0.717, 1.165) is 19.3 Å². The average Bonchev–Trinajstić information content (AvgIpc) is 3.38. The van der Waals surface area contributed by atoms with Gasteiger partial charge in [0, 0.05) is 5.56 Å². The molecule has 0 aliphatic heterocycles. The highest BCUT2D eigenvalue weighted by Gasteiger charge is 2.31. The summed E-state index contributed by atoms with van der Waals surface area (Å²) < 4.78 is 5.66. The molecule has 1 heterocycles. The first-order chi connectivity index (χ1) is 17.6. The predicted octanol–water partition coefficient (Wildman–Crippen LogP) is 3.94. The van der Waals surface area contributed by atoms with E-state index < -0.39 is 29.3 Å². The maximum absolute atomic E-state index is 12.8. The molecule has 10 heteroatoms. The lowest BCUT2D eigenvalue weighted by Crippen LogP contribution is -2.47. The highest BCUT2D eigenvalue weighted by Crippen LogP contribution is 2.28. The minimum Gasteiger partial charge on any atom is -0.481 e. The van der Waals surface area contributed by atoms with Crippen LogP contribution in [0.2, 0.25) is 0 Å². The lowest BCUT2D eigenvalue weighted by Gasteiger charge is -2.29. The maximum Gasteiger partial charge on any atom is 0.313 e. The fourth-order valence-electron chi connectivity index (χ4n) is 4.07. The number of nitrogens with one attached hydrogen (secondary N) is 2. The monoisotopic (exact) mass is 515 g/mol. The molecule has 37 heavy (non-hydrogen) atoms. The van der Waals surface area contributed by atoms with E-state index >= 15 is 0 Å². The molecule has 0 saturated carbocycles. The summed E-state index contributed by atoms with van der Waals surface area (Å²) in [5.74, 6) is -1.96. The van der Waals surface area contributed by atoms with Gasteiger partial charge in [0.2, 0.25) is 12.3 Å². The molecule has 0 aliphatic carbocycles. The summed E-state index contributed by atoms with van der Waals surface area (Å²) in [6.07, 6.45) is 3.85. The van der Waals surface area contributed by atoms with E-state index in [0.29, 0.717) is 41.2 Å². The van der Waals surface area contributed by atoms with Gasteiger partial charge in [-0.05, 0) is 44.4 Å². The Balaban J connectivity index is 1.99. The summed E-state index contributed by atoms with van der Waals surface area (Å²) >= 11 is 0. The number of carboxylic acids is 1. The third-order valence-electron chi connectivity index (χ3n) is 6.55. The summed E-state index contributed by atoms with van der Waals surface area (Å²) in [5.41, 5.74) is 0.285. The molecule has 1 aromatic heterocycles. The second-order valence-corrected chi connectivity index (χ2v) is 9.46. The van der Waals surface area contributed by atoms with Gasteiger partial charge in [-0.3, -0.25) is 24.4 Å². The van der Waals surface area contributed by atoms with Crippen LogP contribution in [-0.2, 0) is 19.8 Å². The van der Waals surface area contributed by atoms with Crippen molar-refractivity contribution in [3.05, 3.63) is 47.7 Å². The van der Waals surface area contributed by atoms with Crippen LogP contribution in [0.25, 0.3) is 11.3 Å². The zero-order chi connectivity index (χ0) is 27.6. The molecular formula is C27H37N3O7. The molecule has 3 amide bonds. The summed E-state index contributed by atoms with van der Waals surface area (Å²) in [7, 11) is 0. The molecule has 10 nitrogen and oxygen atoms in total. The third kappa shape index (κ3) is 7.66. The summed E-state index contributed by atoms with van der Waals surface area (Å²) in [6, 6.07) is 9.36. The van der Waals surface area contributed by atoms with Crippen LogP contribution in [0.1, 0.15) is 75.9 Å². The van der Waals surface area contributed by atoms with Gasteiger partial charge in [0.05, 0.1) is 24.0 Å². The molecule has 2 rings (SSSR count). The van der Waals surface area contributed by atoms with Crippen LogP contribution >= 0.6 is 0 Å². The van der Waals surface area contributed by atoms with Gasteiger partial charge in [-0.15, -0.1) is 0 Å². The molecule has 0 bridgehead atoms. The van der Waals surface area contributed by atoms with Gasteiger partial charge in [0.15, 0.2) is 5.76 Å². The number of aliphatic carboxylic acids is 1. The summed E-state index contributed by atoms with van der Waals surface area (Å²) in [5, 5.41) is 25.1. The van der Waals surface area contributed by atoms with Crippen molar-refractivity contribution in [1.82, 2.24) is 15.7 Å². The van der Waals surface area contributed by atoms with Crippen molar-refractivity contribution in [2.24, 2.45) is 5.92 Å². The Morgan fingerprint density at radius 3 is 2.30 bits per heavy atom. The Morgan fingerprint density at radius 1 is 1.05 bits per heavy atom. The van der Waals surface area contributed by atoms with Crippen LogP contribution in [0.15, 0.2) is 40.8 Å². The molecule has 2 atom stereocenters. The number of unbranched alkanes of at least 4 members (excludes halogenated alkanes) is 2. The number of carboxylic acid groups (broad SMARTS) is 1. The average molecular weight is 516 g/mol. The highest BCUT2D eigenvalue weighted by atomic mass is 16.5. The fraction of sp³-hybridized carbons (Fsp3) is 0.481. The smallest absolute Gasteiger partial charge is 0.313 e. The number of hydroxylamine groups is 2. The van der Waals surface area contributed by atoms with E-state index in [1.165, 1.54) is 6.07 Å². The predicted molar refractivity (Wildman–Crippen MR) is 137 cm³/mol. The second kappa shape index (κ2) is 13.6. The van der Waals surface area contributed by atoms with Gasteiger partial charge in [-0.1, -0.05) is 57.4 Å². The molecule has 202 valence electrons. The normalized spacial score (nSPS) is 12.9. The van der Waals surface area contributed by atoms with E-state index in [4.69, 9.17) is 4.42 Å². The Bertz CT molecular complexity index is 1060. The van der Waals surface area contributed by atoms with Gasteiger partial charge in [0.1, 0.15) is 5.76 Å².